The maximum atomic E-state index is 12.5. The van der Waals surface area contributed by atoms with Crippen LogP contribution >= 0.6 is 0 Å². The van der Waals surface area contributed by atoms with Gasteiger partial charge in [-0.15, -0.1) is 0 Å². The Morgan fingerprint density at radius 3 is 2.40 bits per heavy atom. The molecule has 1 aromatic carbocycles. The summed E-state index contributed by atoms with van der Waals surface area (Å²) in [6.45, 7) is 3.75. The van der Waals surface area contributed by atoms with E-state index in [1.165, 1.54) is 12.1 Å². The first-order valence-electron chi connectivity index (χ1n) is 6.66. The van der Waals surface area contributed by atoms with E-state index < -0.39 is 11.7 Å². The predicted octanol–water partition coefficient (Wildman–Crippen LogP) is 2.36. The Morgan fingerprint density at radius 2 is 1.80 bits per heavy atom. The quantitative estimate of drug-likeness (QED) is 0.921. The third kappa shape index (κ3) is 3.86. The van der Waals surface area contributed by atoms with Crippen LogP contribution in [0.4, 0.5) is 18.9 Å². The molecule has 2 rings (SSSR count). The molecule has 20 heavy (non-hydrogen) atoms. The van der Waals surface area contributed by atoms with Gasteiger partial charge in [-0.25, -0.2) is 0 Å². The lowest BCUT2D eigenvalue weighted by Gasteiger charge is -2.37. The van der Waals surface area contributed by atoms with Gasteiger partial charge in [-0.05, 0) is 38.4 Å². The van der Waals surface area contributed by atoms with Crippen molar-refractivity contribution >= 4 is 5.69 Å². The first-order chi connectivity index (χ1) is 9.36. The molecule has 1 unspecified atom stereocenters. The van der Waals surface area contributed by atoms with Crippen LogP contribution < -0.4 is 5.32 Å². The molecule has 0 aromatic heterocycles. The van der Waals surface area contributed by atoms with E-state index in [0.717, 1.165) is 44.0 Å². The first kappa shape index (κ1) is 15.1. The number of hydrogen-bond donors (Lipinski definition) is 1. The largest absolute Gasteiger partial charge is 0.416 e. The van der Waals surface area contributed by atoms with E-state index in [1.807, 2.05) is 0 Å². The van der Waals surface area contributed by atoms with Crippen molar-refractivity contribution in [2.75, 3.05) is 45.6 Å². The molecule has 1 N–H and O–H groups in total. The fraction of sp³-hybridized carbons (Fsp3) is 0.571. The predicted molar refractivity (Wildman–Crippen MR) is 73.8 cm³/mol. The Morgan fingerprint density at radius 1 is 1.15 bits per heavy atom. The van der Waals surface area contributed by atoms with Gasteiger partial charge < -0.3 is 10.2 Å². The molecule has 6 heteroatoms. The van der Waals surface area contributed by atoms with E-state index in [-0.39, 0.29) is 0 Å². The summed E-state index contributed by atoms with van der Waals surface area (Å²) in [6.07, 6.45) is -4.27. The van der Waals surface area contributed by atoms with Crippen LogP contribution in [0.25, 0.3) is 0 Å². The number of piperazine rings is 1. The number of nitrogens with zero attached hydrogens (tertiary/aromatic N) is 2. The normalized spacial score (nSPS) is 21.9. The Kier molecular flexibility index (Phi) is 4.55. The third-order valence-electron chi connectivity index (χ3n) is 3.73. The third-order valence-corrected chi connectivity index (χ3v) is 3.73. The van der Waals surface area contributed by atoms with Gasteiger partial charge in [0.25, 0.3) is 0 Å². The van der Waals surface area contributed by atoms with Gasteiger partial charge in [0.15, 0.2) is 0 Å². The minimum absolute atomic E-state index is 0.371. The average Bonchev–Trinajstić information content (AvgIpc) is 2.39. The summed E-state index contributed by atoms with van der Waals surface area (Å²) >= 11 is 0. The number of likely N-dealkylation sites (N-methyl/N-ethyl adjacent to an activating group) is 2. The summed E-state index contributed by atoms with van der Waals surface area (Å²) in [5.41, 5.74) is 0.109. The van der Waals surface area contributed by atoms with Gasteiger partial charge in [0.1, 0.15) is 0 Å². The van der Waals surface area contributed by atoms with Crippen molar-refractivity contribution < 1.29 is 13.2 Å². The Hall–Kier alpha value is -1.27. The van der Waals surface area contributed by atoms with Gasteiger partial charge in [0, 0.05) is 37.9 Å². The SMILES string of the molecule is CN1CCN(C)C(CNc2ccc(C(F)(F)F)cc2)C1. The second-order valence-corrected chi connectivity index (χ2v) is 5.35. The lowest BCUT2D eigenvalue weighted by molar-refractivity contribution is -0.137. The molecule has 1 aliphatic rings. The van der Waals surface area contributed by atoms with Gasteiger partial charge in [-0.2, -0.15) is 13.2 Å². The summed E-state index contributed by atoms with van der Waals surface area (Å²) in [4.78, 5) is 4.54. The van der Waals surface area contributed by atoms with Gasteiger partial charge in [0.05, 0.1) is 5.56 Å². The molecule has 0 saturated carbocycles. The Labute approximate surface area is 117 Å². The van der Waals surface area contributed by atoms with E-state index in [1.54, 1.807) is 0 Å². The van der Waals surface area contributed by atoms with Crippen molar-refractivity contribution in [2.24, 2.45) is 0 Å². The van der Waals surface area contributed by atoms with Gasteiger partial charge in [-0.1, -0.05) is 0 Å². The summed E-state index contributed by atoms with van der Waals surface area (Å²) in [5, 5.41) is 3.21. The molecule has 0 aliphatic carbocycles. The van der Waals surface area contributed by atoms with Gasteiger partial charge in [0.2, 0.25) is 0 Å². The van der Waals surface area contributed by atoms with Crippen molar-refractivity contribution in [1.29, 1.82) is 0 Å². The molecule has 1 aromatic rings. The number of rotatable bonds is 3. The molecule has 1 fully saturated rings. The topological polar surface area (TPSA) is 18.5 Å². The van der Waals surface area contributed by atoms with E-state index >= 15 is 0 Å². The van der Waals surface area contributed by atoms with Crippen LogP contribution in [0.2, 0.25) is 0 Å². The lowest BCUT2D eigenvalue weighted by atomic mass is 10.1. The van der Waals surface area contributed by atoms with Crippen LogP contribution in [0.3, 0.4) is 0 Å². The zero-order valence-electron chi connectivity index (χ0n) is 11.7. The molecule has 1 saturated heterocycles. The fourth-order valence-electron chi connectivity index (χ4n) is 2.33. The van der Waals surface area contributed by atoms with Gasteiger partial charge >= 0.3 is 6.18 Å². The van der Waals surface area contributed by atoms with Crippen LogP contribution in [0.15, 0.2) is 24.3 Å². The maximum absolute atomic E-state index is 12.5. The maximum Gasteiger partial charge on any atom is 0.416 e. The molecule has 0 amide bonds. The monoisotopic (exact) mass is 287 g/mol. The number of hydrogen-bond acceptors (Lipinski definition) is 3. The van der Waals surface area contributed by atoms with Crippen molar-refractivity contribution in [3.05, 3.63) is 29.8 Å². The van der Waals surface area contributed by atoms with Crippen LogP contribution in [0.5, 0.6) is 0 Å². The smallest absolute Gasteiger partial charge is 0.383 e. The fourth-order valence-corrected chi connectivity index (χ4v) is 2.33. The van der Waals surface area contributed by atoms with Crippen LogP contribution in [-0.4, -0.2) is 56.1 Å². The summed E-state index contributed by atoms with van der Waals surface area (Å²) < 4.78 is 37.4. The van der Waals surface area contributed by atoms with E-state index in [4.69, 9.17) is 0 Å². The molecule has 0 spiro atoms. The minimum atomic E-state index is -4.27. The van der Waals surface area contributed by atoms with Crippen LogP contribution in [0, 0.1) is 0 Å². The second kappa shape index (κ2) is 6.01. The standard InChI is InChI=1S/C14H20F3N3/c1-19-7-8-20(2)13(10-19)9-18-12-5-3-11(4-6-12)14(15,16)17/h3-6,13,18H,7-10H2,1-2H3. The Balaban J connectivity index is 1.90. The molecule has 3 nitrogen and oxygen atoms in total. The molecule has 1 heterocycles. The van der Waals surface area contributed by atoms with Crippen LogP contribution in [0.1, 0.15) is 5.56 Å². The average molecular weight is 287 g/mol. The summed E-state index contributed by atoms with van der Waals surface area (Å²) in [5.74, 6) is 0. The molecule has 1 aliphatic heterocycles. The summed E-state index contributed by atoms with van der Waals surface area (Å²) in [7, 11) is 4.16. The van der Waals surface area contributed by atoms with Crippen molar-refractivity contribution in [2.45, 2.75) is 12.2 Å². The molecule has 0 radical (unpaired) electrons. The molecular weight excluding hydrogens is 267 g/mol. The van der Waals surface area contributed by atoms with Crippen LogP contribution in [-0.2, 0) is 6.18 Å². The Bertz CT molecular complexity index is 430. The van der Waals surface area contributed by atoms with E-state index in [0.29, 0.717) is 6.04 Å². The molecular formula is C14H20F3N3. The number of anilines is 1. The second-order valence-electron chi connectivity index (χ2n) is 5.35. The van der Waals surface area contributed by atoms with E-state index in [2.05, 4.69) is 29.2 Å². The molecule has 112 valence electrons. The molecule has 0 bridgehead atoms. The first-order valence-corrected chi connectivity index (χ1v) is 6.66. The summed E-state index contributed by atoms with van der Waals surface area (Å²) in [6, 6.07) is 5.55. The highest BCUT2D eigenvalue weighted by Crippen LogP contribution is 2.29. The molecule has 1 atom stereocenters. The highest BCUT2D eigenvalue weighted by atomic mass is 19.4. The zero-order chi connectivity index (χ0) is 14.8. The number of benzene rings is 1. The number of halogens is 3. The highest BCUT2D eigenvalue weighted by molar-refractivity contribution is 5.45. The number of alkyl halides is 3. The van der Waals surface area contributed by atoms with E-state index in [9.17, 15) is 13.2 Å². The van der Waals surface area contributed by atoms with Crippen molar-refractivity contribution in [1.82, 2.24) is 9.80 Å². The number of nitrogens with one attached hydrogen (secondary N) is 1. The van der Waals surface area contributed by atoms with Crippen molar-refractivity contribution in [3.63, 3.8) is 0 Å². The lowest BCUT2D eigenvalue weighted by Crippen LogP contribution is -2.52. The van der Waals surface area contributed by atoms with Crippen molar-refractivity contribution in [3.8, 4) is 0 Å². The zero-order valence-corrected chi connectivity index (χ0v) is 11.7. The highest BCUT2D eigenvalue weighted by Gasteiger charge is 2.30. The minimum Gasteiger partial charge on any atom is -0.383 e. The van der Waals surface area contributed by atoms with Gasteiger partial charge in [-0.3, -0.25) is 4.90 Å².